The first-order chi connectivity index (χ1) is 11.3. The second-order valence-corrected chi connectivity index (χ2v) is 5.04. The number of hydrogen-bond donors (Lipinski definition) is 1. The van der Waals surface area contributed by atoms with E-state index < -0.39 is 0 Å². The lowest BCUT2D eigenvalue weighted by molar-refractivity contribution is 0.0951. The van der Waals surface area contributed by atoms with E-state index in [0.29, 0.717) is 12.1 Å². The molecule has 0 saturated carbocycles. The van der Waals surface area contributed by atoms with E-state index in [1.165, 1.54) is 0 Å². The van der Waals surface area contributed by atoms with Gasteiger partial charge in [0.25, 0.3) is 5.91 Å². The first-order valence-corrected chi connectivity index (χ1v) is 7.27. The molecule has 3 rings (SSSR count). The van der Waals surface area contributed by atoms with Gasteiger partial charge in [-0.2, -0.15) is 5.10 Å². The third-order valence-corrected chi connectivity index (χ3v) is 3.45. The van der Waals surface area contributed by atoms with Gasteiger partial charge in [-0.25, -0.2) is 4.68 Å². The van der Waals surface area contributed by atoms with Crippen LogP contribution in [0.1, 0.15) is 15.9 Å². The summed E-state index contributed by atoms with van der Waals surface area (Å²) in [7, 11) is 1.62. The van der Waals surface area contributed by atoms with E-state index in [2.05, 4.69) is 10.4 Å². The van der Waals surface area contributed by atoms with Gasteiger partial charge in [-0.3, -0.25) is 4.79 Å². The summed E-state index contributed by atoms with van der Waals surface area (Å²) in [5, 5.41) is 7.11. The second-order valence-electron chi connectivity index (χ2n) is 5.04. The zero-order valence-corrected chi connectivity index (χ0v) is 12.8. The van der Waals surface area contributed by atoms with Gasteiger partial charge < -0.3 is 10.1 Å². The fraction of sp³-hybridized carbons (Fsp3) is 0.111. The topological polar surface area (TPSA) is 56.1 Å². The Labute approximate surface area is 134 Å². The molecule has 2 aromatic carbocycles. The molecule has 0 atom stereocenters. The maximum absolute atomic E-state index is 12.2. The molecule has 3 aromatic rings. The minimum absolute atomic E-state index is 0.157. The van der Waals surface area contributed by atoms with Crippen molar-refractivity contribution in [3.8, 4) is 11.4 Å². The summed E-state index contributed by atoms with van der Waals surface area (Å²) in [6.45, 7) is 0.437. The highest BCUT2D eigenvalue weighted by Gasteiger charge is 2.09. The molecule has 5 nitrogen and oxygen atoms in total. The molecule has 0 aliphatic carbocycles. The van der Waals surface area contributed by atoms with E-state index in [1.807, 2.05) is 54.6 Å². The van der Waals surface area contributed by atoms with Crippen molar-refractivity contribution in [2.75, 3.05) is 7.11 Å². The molecule has 1 heterocycles. The van der Waals surface area contributed by atoms with Crippen molar-refractivity contribution in [3.05, 3.63) is 78.1 Å². The van der Waals surface area contributed by atoms with Crippen molar-refractivity contribution in [1.29, 1.82) is 0 Å². The quantitative estimate of drug-likeness (QED) is 0.788. The van der Waals surface area contributed by atoms with Crippen LogP contribution in [0.5, 0.6) is 5.75 Å². The molecule has 0 bridgehead atoms. The number of nitrogens with zero attached hydrogens (tertiary/aromatic N) is 2. The Morgan fingerprint density at radius 3 is 2.78 bits per heavy atom. The molecule has 0 aliphatic rings. The lowest BCUT2D eigenvalue weighted by Gasteiger charge is -2.06. The number of methoxy groups -OCH3 is 1. The van der Waals surface area contributed by atoms with Gasteiger partial charge in [0, 0.05) is 12.7 Å². The number of amides is 1. The SMILES string of the molecule is COc1cccc(CNC(=O)c2cnn(-c3ccccc3)c2)c1. The van der Waals surface area contributed by atoms with Crippen LogP contribution < -0.4 is 10.1 Å². The molecule has 1 aromatic heterocycles. The zero-order valence-electron chi connectivity index (χ0n) is 12.8. The van der Waals surface area contributed by atoms with Gasteiger partial charge in [0.2, 0.25) is 0 Å². The van der Waals surface area contributed by atoms with Gasteiger partial charge in [0.05, 0.1) is 24.6 Å². The van der Waals surface area contributed by atoms with Crippen LogP contribution >= 0.6 is 0 Å². The Morgan fingerprint density at radius 2 is 2.00 bits per heavy atom. The Morgan fingerprint density at radius 1 is 1.17 bits per heavy atom. The highest BCUT2D eigenvalue weighted by atomic mass is 16.5. The molecule has 5 heteroatoms. The number of hydrogen-bond acceptors (Lipinski definition) is 3. The molecule has 0 spiro atoms. The van der Waals surface area contributed by atoms with Crippen molar-refractivity contribution in [2.45, 2.75) is 6.54 Å². The maximum Gasteiger partial charge on any atom is 0.254 e. The normalized spacial score (nSPS) is 10.3. The molecular formula is C18H17N3O2. The summed E-state index contributed by atoms with van der Waals surface area (Å²) >= 11 is 0. The van der Waals surface area contributed by atoms with Crippen LogP contribution in [0.25, 0.3) is 5.69 Å². The second kappa shape index (κ2) is 6.79. The van der Waals surface area contributed by atoms with Crippen molar-refractivity contribution in [2.24, 2.45) is 0 Å². The van der Waals surface area contributed by atoms with Crippen molar-refractivity contribution >= 4 is 5.91 Å². The highest BCUT2D eigenvalue weighted by molar-refractivity contribution is 5.93. The van der Waals surface area contributed by atoms with Crippen LogP contribution in [0.3, 0.4) is 0 Å². The van der Waals surface area contributed by atoms with E-state index in [4.69, 9.17) is 4.74 Å². The molecule has 0 saturated heterocycles. The van der Waals surface area contributed by atoms with Crippen molar-refractivity contribution < 1.29 is 9.53 Å². The standard InChI is InChI=1S/C18H17N3O2/c1-23-17-9-5-6-14(10-17)11-19-18(22)15-12-20-21(13-15)16-7-3-2-4-8-16/h2-10,12-13H,11H2,1H3,(H,19,22). The van der Waals surface area contributed by atoms with Crippen LogP contribution in [0.4, 0.5) is 0 Å². The third-order valence-electron chi connectivity index (χ3n) is 3.45. The molecular weight excluding hydrogens is 290 g/mol. The number of ether oxygens (including phenoxy) is 1. The number of nitrogens with one attached hydrogen (secondary N) is 1. The molecule has 0 radical (unpaired) electrons. The molecule has 1 amide bonds. The fourth-order valence-electron chi connectivity index (χ4n) is 2.23. The van der Waals surface area contributed by atoms with Gasteiger partial charge in [0.1, 0.15) is 5.75 Å². The van der Waals surface area contributed by atoms with E-state index in [9.17, 15) is 4.79 Å². The third kappa shape index (κ3) is 3.58. The van der Waals surface area contributed by atoms with E-state index >= 15 is 0 Å². The summed E-state index contributed by atoms with van der Waals surface area (Å²) in [4.78, 5) is 12.2. The molecule has 0 unspecified atom stereocenters. The van der Waals surface area contributed by atoms with Crippen molar-refractivity contribution in [3.63, 3.8) is 0 Å². The Balaban J connectivity index is 1.66. The minimum Gasteiger partial charge on any atom is -0.497 e. The predicted octanol–water partition coefficient (Wildman–Crippen LogP) is 2.81. The monoisotopic (exact) mass is 307 g/mol. The van der Waals surface area contributed by atoms with Gasteiger partial charge in [-0.05, 0) is 29.8 Å². The minimum atomic E-state index is -0.157. The predicted molar refractivity (Wildman–Crippen MR) is 87.7 cm³/mol. The lowest BCUT2D eigenvalue weighted by Crippen LogP contribution is -2.22. The summed E-state index contributed by atoms with van der Waals surface area (Å²) < 4.78 is 6.85. The van der Waals surface area contributed by atoms with E-state index in [-0.39, 0.29) is 5.91 Å². The molecule has 116 valence electrons. The van der Waals surface area contributed by atoms with Crippen LogP contribution in [-0.2, 0) is 6.54 Å². The number of carbonyl (C=O) groups excluding carboxylic acids is 1. The van der Waals surface area contributed by atoms with E-state index in [0.717, 1.165) is 17.0 Å². The number of rotatable bonds is 5. The Bertz CT molecular complexity index is 797. The van der Waals surface area contributed by atoms with Crippen LogP contribution in [0.15, 0.2) is 67.0 Å². The largest absolute Gasteiger partial charge is 0.497 e. The van der Waals surface area contributed by atoms with Gasteiger partial charge in [-0.15, -0.1) is 0 Å². The molecule has 0 fully saturated rings. The average molecular weight is 307 g/mol. The highest BCUT2D eigenvalue weighted by Crippen LogP contribution is 2.12. The van der Waals surface area contributed by atoms with Gasteiger partial charge >= 0.3 is 0 Å². The van der Waals surface area contributed by atoms with Gasteiger partial charge in [-0.1, -0.05) is 30.3 Å². The number of carbonyl (C=O) groups is 1. The number of para-hydroxylation sites is 1. The first-order valence-electron chi connectivity index (χ1n) is 7.27. The van der Waals surface area contributed by atoms with Gasteiger partial charge in [0.15, 0.2) is 0 Å². The van der Waals surface area contributed by atoms with E-state index in [1.54, 1.807) is 24.2 Å². The van der Waals surface area contributed by atoms with Crippen molar-refractivity contribution in [1.82, 2.24) is 15.1 Å². The fourth-order valence-corrected chi connectivity index (χ4v) is 2.23. The Kier molecular flexibility index (Phi) is 4.38. The maximum atomic E-state index is 12.2. The molecule has 23 heavy (non-hydrogen) atoms. The summed E-state index contributed by atoms with van der Waals surface area (Å²) in [5.41, 5.74) is 2.42. The molecule has 0 aliphatic heterocycles. The van der Waals surface area contributed by atoms with Crippen LogP contribution in [0, 0.1) is 0 Å². The van der Waals surface area contributed by atoms with Crippen LogP contribution in [-0.4, -0.2) is 22.8 Å². The summed E-state index contributed by atoms with van der Waals surface area (Å²) in [6.07, 6.45) is 3.28. The molecule has 1 N–H and O–H groups in total. The Hall–Kier alpha value is -3.08. The first kappa shape index (κ1) is 14.8. The number of benzene rings is 2. The summed E-state index contributed by atoms with van der Waals surface area (Å²) in [6, 6.07) is 17.3. The summed E-state index contributed by atoms with van der Waals surface area (Å²) in [5.74, 6) is 0.614. The van der Waals surface area contributed by atoms with Crippen LogP contribution in [0.2, 0.25) is 0 Å². The zero-order chi connectivity index (χ0) is 16.1. The average Bonchev–Trinajstić information content (AvgIpc) is 3.11. The lowest BCUT2D eigenvalue weighted by atomic mass is 10.2. The number of aromatic nitrogens is 2. The smallest absolute Gasteiger partial charge is 0.254 e.